The molecule has 0 amide bonds. The summed E-state index contributed by atoms with van der Waals surface area (Å²) in [6, 6.07) is 0. The van der Waals surface area contributed by atoms with Crippen molar-refractivity contribution < 1.29 is 23.6 Å². The molecule has 0 bridgehead atoms. The summed E-state index contributed by atoms with van der Waals surface area (Å²) in [5.74, 6) is 4.12. The van der Waals surface area contributed by atoms with Crippen molar-refractivity contribution in [2.45, 2.75) is 194 Å². The van der Waals surface area contributed by atoms with Crippen molar-refractivity contribution in [1.82, 2.24) is 0 Å². The van der Waals surface area contributed by atoms with E-state index in [4.69, 9.17) is 9.22 Å². The summed E-state index contributed by atoms with van der Waals surface area (Å²) >= 11 is -0.245. The number of carbonyl (C=O) groups is 3. The van der Waals surface area contributed by atoms with Gasteiger partial charge in [0.1, 0.15) is 0 Å². The molecule has 0 saturated carbocycles. The number of thioether (sulfide) groups is 3. The first-order chi connectivity index (χ1) is 25.0. The molecule has 0 atom stereocenters. The first-order valence-electron chi connectivity index (χ1n) is 21.4. The fourth-order valence-corrected chi connectivity index (χ4v) is 15.9. The van der Waals surface area contributed by atoms with Gasteiger partial charge >= 0.3 is 343 Å². The van der Waals surface area contributed by atoms with E-state index in [1.165, 1.54) is 83.5 Å². The second kappa shape index (κ2) is 36.9. The van der Waals surface area contributed by atoms with Crippen LogP contribution >= 0.6 is 35.3 Å². The third-order valence-corrected chi connectivity index (χ3v) is 19.4. The van der Waals surface area contributed by atoms with Crippen molar-refractivity contribution >= 4 is 72.8 Å². The molecule has 6 nitrogen and oxygen atoms in total. The molecule has 0 heterocycles. The SMILES string of the molecule is CCCCCCCCCCC[CH2][Sn]([O]C(=O)CSCCCCCC(C)C)([O]C(=O)CSCCCCCC(C)C)[O]C(=O)CSCCCCCC(C)C. The Bertz CT molecular complexity index is 769. The third kappa shape index (κ3) is 35.9. The zero-order valence-electron chi connectivity index (χ0n) is 34.9. The molecule has 0 N–H and O–H groups in total. The standard InChI is InChI=1S/C12H25.3C10H20O2S.Sn/c1-3-5-7-9-11-12-10-8-6-4-2;3*1-9(2)6-4-3-5-7-13-8-10(11)12;/h1,3-12H2,2H3;3*9H,3-8H2,1-2H3,(H,11,12);/q;;;;+3/p-3. The van der Waals surface area contributed by atoms with Crippen LogP contribution in [0.15, 0.2) is 0 Å². The summed E-state index contributed by atoms with van der Waals surface area (Å²) in [4.78, 5) is 39.9. The molecule has 0 aromatic rings. The first kappa shape index (κ1) is 52.3. The van der Waals surface area contributed by atoms with Gasteiger partial charge in [-0.2, -0.15) is 0 Å². The minimum atomic E-state index is -4.93. The van der Waals surface area contributed by atoms with Gasteiger partial charge in [-0.25, -0.2) is 0 Å². The van der Waals surface area contributed by atoms with Gasteiger partial charge in [0.05, 0.1) is 0 Å². The van der Waals surface area contributed by atoms with Crippen LogP contribution in [-0.4, -0.2) is 72.0 Å². The van der Waals surface area contributed by atoms with Crippen molar-refractivity contribution in [1.29, 1.82) is 0 Å². The molecule has 0 aromatic carbocycles. The normalized spacial score (nSPS) is 11.9. The summed E-state index contributed by atoms with van der Waals surface area (Å²) in [6.45, 7) is 15.7. The van der Waals surface area contributed by atoms with Gasteiger partial charge in [-0.15, -0.1) is 0 Å². The van der Waals surface area contributed by atoms with Gasteiger partial charge in [0.2, 0.25) is 0 Å². The zero-order chi connectivity index (χ0) is 38.7. The van der Waals surface area contributed by atoms with Gasteiger partial charge in [-0.3, -0.25) is 0 Å². The fourth-order valence-electron chi connectivity index (χ4n) is 5.92. The Balaban J connectivity index is 5.42. The Kier molecular flexibility index (Phi) is 37.1. The Morgan fingerprint density at radius 1 is 0.423 bits per heavy atom. The van der Waals surface area contributed by atoms with E-state index in [1.807, 2.05) is 0 Å². The van der Waals surface area contributed by atoms with Gasteiger partial charge in [-0.1, -0.05) is 0 Å². The van der Waals surface area contributed by atoms with Crippen molar-refractivity contribution in [2.24, 2.45) is 17.8 Å². The zero-order valence-corrected chi connectivity index (χ0v) is 40.2. The Hall–Kier alpha value is 0.259. The maximum absolute atomic E-state index is 13.3. The molecule has 0 aliphatic heterocycles. The average Bonchev–Trinajstić information content (AvgIpc) is 3.07. The van der Waals surface area contributed by atoms with E-state index in [-0.39, 0.29) is 17.3 Å². The minimum absolute atomic E-state index is 0.187. The molecule has 0 aliphatic rings. The van der Waals surface area contributed by atoms with Crippen LogP contribution in [0.1, 0.15) is 190 Å². The Labute approximate surface area is 340 Å². The van der Waals surface area contributed by atoms with E-state index in [0.717, 1.165) is 75.0 Å². The van der Waals surface area contributed by atoms with Crippen LogP contribution in [0.5, 0.6) is 0 Å². The van der Waals surface area contributed by atoms with E-state index in [0.29, 0.717) is 22.2 Å². The molecule has 0 spiro atoms. The molecule has 52 heavy (non-hydrogen) atoms. The first-order valence-corrected chi connectivity index (χ1v) is 30.4. The van der Waals surface area contributed by atoms with Crippen LogP contribution in [0, 0.1) is 17.8 Å². The van der Waals surface area contributed by atoms with Crippen LogP contribution in [0.4, 0.5) is 0 Å². The second-order valence-electron chi connectivity index (χ2n) is 15.9. The molecule has 308 valence electrons. The Morgan fingerprint density at radius 2 is 0.712 bits per heavy atom. The molecule has 0 aliphatic carbocycles. The third-order valence-electron chi connectivity index (χ3n) is 9.01. The molecular formula is C42H82O6S3Sn. The number of carbonyl (C=O) groups excluding carboxylic acids is 3. The maximum atomic E-state index is 13.3. The summed E-state index contributed by atoms with van der Waals surface area (Å²) in [7, 11) is 0. The molecule has 0 rings (SSSR count). The number of hydrogen-bond donors (Lipinski definition) is 0. The predicted molar refractivity (Wildman–Crippen MR) is 233 cm³/mol. The predicted octanol–water partition coefficient (Wildman–Crippen LogP) is 13.3. The van der Waals surface area contributed by atoms with Crippen LogP contribution in [-0.2, 0) is 23.6 Å². The average molecular weight is 898 g/mol. The molecule has 0 radical (unpaired) electrons. The molecule has 0 saturated heterocycles. The molecule has 10 heteroatoms. The number of rotatable bonds is 38. The van der Waals surface area contributed by atoms with Crippen molar-refractivity contribution in [2.75, 3.05) is 34.5 Å². The van der Waals surface area contributed by atoms with E-state index < -0.39 is 37.5 Å². The number of unbranched alkanes of at least 4 members (excludes halogenated alkanes) is 15. The summed E-state index contributed by atoms with van der Waals surface area (Å²) in [5, 5.41) is 0. The Morgan fingerprint density at radius 3 is 1.02 bits per heavy atom. The van der Waals surface area contributed by atoms with Crippen LogP contribution in [0.25, 0.3) is 0 Å². The van der Waals surface area contributed by atoms with E-state index in [9.17, 15) is 14.4 Å². The van der Waals surface area contributed by atoms with Gasteiger partial charge in [0.25, 0.3) is 0 Å². The van der Waals surface area contributed by atoms with Crippen LogP contribution < -0.4 is 0 Å². The van der Waals surface area contributed by atoms with Gasteiger partial charge in [0.15, 0.2) is 0 Å². The van der Waals surface area contributed by atoms with E-state index >= 15 is 0 Å². The van der Waals surface area contributed by atoms with Crippen LogP contribution in [0.2, 0.25) is 4.44 Å². The second-order valence-corrected chi connectivity index (χ2v) is 26.3. The van der Waals surface area contributed by atoms with Crippen LogP contribution in [0.3, 0.4) is 0 Å². The van der Waals surface area contributed by atoms with E-state index in [2.05, 4.69) is 48.5 Å². The number of hydrogen-bond acceptors (Lipinski definition) is 9. The van der Waals surface area contributed by atoms with Crippen molar-refractivity contribution in [3.05, 3.63) is 0 Å². The monoisotopic (exact) mass is 898 g/mol. The molecule has 0 unspecified atom stereocenters. The molecular weight excluding hydrogens is 815 g/mol. The quantitative estimate of drug-likeness (QED) is 0.0445. The topological polar surface area (TPSA) is 78.9 Å². The molecule has 0 fully saturated rings. The summed E-state index contributed by atoms with van der Waals surface area (Å²) < 4.78 is 18.8. The van der Waals surface area contributed by atoms with E-state index in [1.54, 1.807) is 35.3 Å². The van der Waals surface area contributed by atoms with Crippen molar-refractivity contribution in [3.63, 3.8) is 0 Å². The molecule has 0 aromatic heterocycles. The van der Waals surface area contributed by atoms with Gasteiger partial charge in [0, 0.05) is 0 Å². The summed E-state index contributed by atoms with van der Waals surface area (Å²) in [6.07, 6.45) is 25.6. The summed E-state index contributed by atoms with van der Waals surface area (Å²) in [5.41, 5.74) is 0. The fraction of sp³-hybridized carbons (Fsp3) is 0.929. The van der Waals surface area contributed by atoms with Crippen molar-refractivity contribution in [3.8, 4) is 0 Å². The van der Waals surface area contributed by atoms with Gasteiger partial charge in [-0.05, 0) is 0 Å². The van der Waals surface area contributed by atoms with Gasteiger partial charge < -0.3 is 0 Å².